The van der Waals surface area contributed by atoms with Gasteiger partial charge in [-0.15, -0.1) is 12.6 Å². The lowest BCUT2D eigenvalue weighted by molar-refractivity contribution is 0.591. The molecule has 3 aromatic rings. The van der Waals surface area contributed by atoms with E-state index < -0.39 is 15.6 Å². The maximum Gasteiger partial charge on any atom is 0.289 e. The highest BCUT2D eigenvalue weighted by Crippen LogP contribution is 2.30. The Morgan fingerprint density at radius 2 is 1.53 bits per heavy atom. The maximum atomic E-state index is 13.1. The minimum atomic E-state index is -4.18. The summed E-state index contributed by atoms with van der Waals surface area (Å²) in [7, 11) is -0.449. The van der Waals surface area contributed by atoms with Crippen molar-refractivity contribution in [2.45, 2.75) is 16.8 Å². The van der Waals surface area contributed by atoms with Crippen LogP contribution >= 0.6 is 12.6 Å². The summed E-state index contributed by atoms with van der Waals surface area (Å²) in [6.45, 7) is 1.81. The number of hydrogen-bond acceptors (Lipinski definition) is 7. The van der Waals surface area contributed by atoms with Gasteiger partial charge in [-0.25, -0.2) is 9.51 Å². The molecule has 0 aliphatic rings. The van der Waals surface area contributed by atoms with Gasteiger partial charge in [-0.05, 0) is 36.8 Å². The molecule has 0 atom stereocenters. The van der Waals surface area contributed by atoms with Crippen LogP contribution in [0, 0.1) is 29.6 Å². The molecule has 0 fully saturated rings. The Balaban J connectivity index is 2.21. The van der Waals surface area contributed by atoms with E-state index >= 15 is 0 Å². The highest BCUT2D eigenvalue weighted by atomic mass is 32.2. The fourth-order valence-electron chi connectivity index (χ4n) is 3.06. The molecular formula is C22H19N5O3S2. The monoisotopic (exact) mass is 465 g/mol. The predicted molar refractivity (Wildman–Crippen MR) is 125 cm³/mol. The zero-order valence-electron chi connectivity index (χ0n) is 17.5. The van der Waals surface area contributed by atoms with Crippen LogP contribution in [-0.2, 0) is 10.0 Å². The van der Waals surface area contributed by atoms with E-state index in [-0.39, 0.29) is 26.6 Å². The third-order valence-electron chi connectivity index (χ3n) is 4.79. The van der Waals surface area contributed by atoms with Gasteiger partial charge in [-0.2, -0.15) is 18.9 Å². The summed E-state index contributed by atoms with van der Waals surface area (Å²) in [5.41, 5.74) is 0.900. The summed E-state index contributed by atoms with van der Waals surface area (Å²) < 4.78 is 26.2. The van der Waals surface area contributed by atoms with Crippen LogP contribution in [0.1, 0.15) is 16.7 Å². The summed E-state index contributed by atoms with van der Waals surface area (Å²) in [6, 6.07) is 16.7. The molecule has 0 aliphatic carbocycles. The molecule has 0 saturated heterocycles. The first-order chi connectivity index (χ1) is 15.1. The van der Waals surface area contributed by atoms with Crippen LogP contribution in [-0.4, -0.2) is 27.2 Å². The van der Waals surface area contributed by atoms with Gasteiger partial charge in [-0.3, -0.25) is 4.79 Å². The number of nitrogens with one attached hydrogen (secondary N) is 1. The van der Waals surface area contributed by atoms with E-state index in [1.54, 1.807) is 36.4 Å². The van der Waals surface area contributed by atoms with Crippen molar-refractivity contribution in [3.63, 3.8) is 0 Å². The van der Waals surface area contributed by atoms with Crippen LogP contribution in [0.4, 0.5) is 5.69 Å². The van der Waals surface area contributed by atoms with Crippen molar-refractivity contribution >= 4 is 28.3 Å². The summed E-state index contributed by atoms with van der Waals surface area (Å²) in [4.78, 5) is 17.0. The predicted octanol–water partition coefficient (Wildman–Crippen LogP) is 2.85. The standard InChI is InChI=1S/C22H19N5O3S2/c1-14-4-10-17(11-5-14)32(29,30)25-27-21(28)18(12-23)20(19(13-24)22(27)31)15-6-8-16(9-7-15)26(2)3/h4-11,25,31H,1-3H3. The van der Waals surface area contributed by atoms with Crippen LogP contribution in [0.3, 0.4) is 0 Å². The van der Waals surface area contributed by atoms with Gasteiger partial charge in [0, 0.05) is 25.3 Å². The Morgan fingerprint density at radius 1 is 0.969 bits per heavy atom. The van der Waals surface area contributed by atoms with Gasteiger partial charge in [-0.1, -0.05) is 29.8 Å². The molecule has 0 spiro atoms. The lowest BCUT2D eigenvalue weighted by Crippen LogP contribution is -2.36. The first kappa shape index (κ1) is 22.9. The third kappa shape index (κ3) is 4.19. The van der Waals surface area contributed by atoms with Crippen molar-refractivity contribution in [1.29, 1.82) is 10.5 Å². The van der Waals surface area contributed by atoms with Gasteiger partial charge in [0.25, 0.3) is 15.6 Å². The fourth-order valence-corrected chi connectivity index (χ4v) is 4.45. The summed E-state index contributed by atoms with van der Waals surface area (Å²) in [6.07, 6.45) is 0. The van der Waals surface area contributed by atoms with Crippen molar-refractivity contribution < 1.29 is 8.42 Å². The number of aromatic nitrogens is 1. The molecule has 1 N–H and O–H groups in total. The minimum absolute atomic E-state index is 0.0805. The molecule has 0 bridgehead atoms. The van der Waals surface area contributed by atoms with Gasteiger partial charge in [0.15, 0.2) is 0 Å². The lowest BCUT2D eigenvalue weighted by atomic mass is 9.97. The molecule has 0 radical (unpaired) electrons. The van der Waals surface area contributed by atoms with Crippen LogP contribution < -0.4 is 15.3 Å². The molecule has 0 amide bonds. The molecule has 0 aliphatic heterocycles. The first-order valence-electron chi connectivity index (χ1n) is 9.30. The zero-order valence-corrected chi connectivity index (χ0v) is 19.2. The largest absolute Gasteiger partial charge is 0.378 e. The number of pyridine rings is 1. The topological polar surface area (TPSA) is 119 Å². The Bertz CT molecular complexity index is 1430. The number of nitriles is 2. The average Bonchev–Trinajstić information content (AvgIpc) is 2.76. The van der Waals surface area contributed by atoms with Crippen molar-refractivity contribution in [3.8, 4) is 23.3 Å². The second-order valence-electron chi connectivity index (χ2n) is 7.16. The Kier molecular flexibility index (Phi) is 6.30. The van der Waals surface area contributed by atoms with E-state index in [2.05, 4.69) is 17.5 Å². The van der Waals surface area contributed by atoms with E-state index in [9.17, 15) is 23.7 Å². The number of hydrogen-bond donors (Lipinski definition) is 2. The lowest BCUT2D eigenvalue weighted by Gasteiger charge is -2.18. The van der Waals surface area contributed by atoms with Crippen LogP contribution in [0.2, 0.25) is 0 Å². The average molecular weight is 466 g/mol. The van der Waals surface area contributed by atoms with Crippen molar-refractivity contribution in [2.24, 2.45) is 0 Å². The number of aryl methyl sites for hydroxylation is 1. The number of sulfonamides is 1. The highest BCUT2D eigenvalue weighted by Gasteiger charge is 2.24. The summed E-state index contributed by atoms with van der Waals surface area (Å²) in [5.74, 6) is 0. The highest BCUT2D eigenvalue weighted by molar-refractivity contribution is 7.92. The van der Waals surface area contributed by atoms with E-state index in [4.69, 9.17) is 0 Å². The van der Waals surface area contributed by atoms with Gasteiger partial charge >= 0.3 is 0 Å². The molecule has 2 aromatic carbocycles. The molecule has 0 saturated carbocycles. The Morgan fingerprint density at radius 3 is 2.03 bits per heavy atom. The number of thiol groups is 1. The zero-order chi connectivity index (χ0) is 23.6. The molecule has 32 heavy (non-hydrogen) atoms. The molecule has 10 heteroatoms. The minimum Gasteiger partial charge on any atom is -0.378 e. The van der Waals surface area contributed by atoms with Gasteiger partial charge in [0.1, 0.15) is 22.7 Å². The molecule has 162 valence electrons. The van der Waals surface area contributed by atoms with Crippen molar-refractivity contribution in [2.75, 3.05) is 23.8 Å². The van der Waals surface area contributed by atoms with E-state index in [0.29, 0.717) is 10.2 Å². The normalized spacial score (nSPS) is 10.8. The van der Waals surface area contributed by atoms with Gasteiger partial charge < -0.3 is 4.90 Å². The van der Waals surface area contributed by atoms with Gasteiger partial charge in [0.05, 0.1) is 10.5 Å². The number of nitrogens with zero attached hydrogens (tertiary/aromatic N) is 4. The van der Waals surface area contributed by atoms with Crippen molar-refractivity contribution in [1.82, 2.24) is 4.68 Å². The second-order valence-corrected chi connectivity index (χ2v) is 9.25. The van der Waals surface area contributed by atoms with Gasteiger partial charge in [0.2, 0.25) is 0 Å². The number of anilines is 1. The summed E-state index contributed by atoms with van der Waals surface area (Å²) >= 11 is 4.26. The molecule has 1 aromatic heterocycles. The fraction of sp³-hybridized carbons (Fsp3) is 0.136. The SMILES string of the molecule is Cc1ccc(S(=O)(=O)Nn2c(S)c(C#N)c(-c3ccc(N(C)C)cc3)c(C#N)c2=O)cc1. The van der Waals surface area contributed by atoms with E-state index in [0.717, 1.165) is 11.3 Å². The van der Waals surface area contributed by atoms with Crippen LogP contribution in [0.15, 0.2) is 63.2 Å². The first-order valence-corrected chi connectivity index (χ1v) is 11.2. The Hall–Kier alpha value is -3.73. The van der Waals surface area contributed by atoms with E-state index in [1.165, 1.54) is 12.1 Å². The smallest absolute Gasteiger partial charge is 0.289 e. The molecular weight excluding hydrogens is 446 g/mol. The maximum absolute atomic E-state index is 13.1. The second kappa shape index (κ2) is 8.79. The quantitative estimate of drug-likeness (QED) is 0.559. The molecule has 3 rings (SSSR count). The number of benzene rings is 2. The molecule has 1 heterocycles. The van der Waals surface area contributed by atoms with Crippen molar-refractivity contribution in [3.05, 3.63) is 75.6 Å². The summed E-state index contributed by atoms with van der Waals surface area (Å²) in [5, 5.41) is 19.3. The van der Waals surface area contributed by atoms with E-state index in [1.807, 2.05) is 38.1 Å². The molecule has 8 nitrogen and oxygen atoms in total. The third-order valence-corrected chi connectivity index (χ3v) is 6.53. The number of rotatable bonds is 5. The molecule has 0 unspecified atom stereocenters. The van der Waals surface area contributed by atoms with Crippen LogP contribution in [0.5, 0.6) is 0 Å². The Labute approximate surface area is 191 Å². The van der Waals surface area contributed by atoms with Crippen LogP contribution in [0.25, 0.3) is 11.1 Å².